The molecule has 9 nitrogen and oxygen atoms in total. The summed E-state index contributed by atoms with van der Waals surface area (Å²) in [7, 11) is 4.97. The van der Waals surface area contributed by atoms with Crippen molar-refractivity contribution in [3.63, 3.8) is 0 Å². The summed E-state index contributed by atoms with van der Waals surface area (Å²) in [4.78, 5) is 8.65. The molecule has 0 bridgehead atoms. The van der Waals surface area contributed by atoms with Crippen LogP contribution in [0, 0.1) is 0 Å². The van der Waals surface area contributed by atoms with E-state index in [0.29, 0.717) is 48.6 Å². The quantitative estimate of drug-likeness (QED) is 0.242. The summed E-state index contributed by atoms with van der Waals surface area (Å²) in [5.41, 5.74) is 1.05. The van der Waals surface area contributed by atoms with E-state index in [2.05, 4.69) is 30.8 Å². The van der Waals surface area contributed by atoms with Gasteiger partial charge >= 0.3 is 0 Å². The number of furan rings is 1. The van der Waals surface area contributed by atoms with Crippen molar-refractivity contribution in [3.8, 4) is 23.1 Å². The Balaban J connectivity index is 0.00000300. The summed E-state index contributed by atoms with van der Waals surface area (Å²) in [5, 5.41) is 13.6. The molecule has 156 valence electrons. The molecule has 0 aliphatic heterocycles. The van der Waals surface area contributed by atoms with Gasteiger partial charge in [0, 0.05) is 26.6 Å². The normalized spacial score (nSPS) is 10.9. The highest BCUT2D eigenvalue weighted by Gasteiger charge is 2.09. The van der Waals surface area contributed by atoms with Gasteiger partial charge in [0.05, 0.1) is 20.5 Å². The zero-order valence-electron chi connectivity index (χ0n) is 16.6. The highest BCUT2D eigenvalue weighted by molar-refractivity contribution is 14.0. The lowest BCUT2D eigenvalue weighted by Crippen LogP contribution is -2.37. The van der Waals surface area contributed by atoms with E-state index in [-0.39, 0.29) is 24.0 Å². The molecule has 3 aromatic rings. The third kappa shape index (κ3) is 6.11. The lowest BCUT2D eigenvalue weighted by molar-refractivity contribution is 0.354. The van der Waals surface area contributed by atoms with Crippen molar-refractivity contribution in [2.24, 2.45) is 4.99 Å². The fourth-order valence-corrected chi connectivity index (χ4v) is 2.62. The molecule has 0 amide bonds. The van der Waals surface area contributed by atoms with E-state index in [9.17, 15) is 0 Å². The van der Waals surface area contributed by atoms with Crippen molar-refractivity contribution in [1.82, 2.24) is 25.8 Å². The number of ether oxygens (including phenoxy) is 2. The molecule has 2 aromatic heterocycles. The largest absolute Gasteiger partial charge is 0.493 e. The van der Waals surface area contributed by atoms with E-state index in [4.69, 9.17) is 13.9 Å². The van der Waals surface area contributed by atoms with Gasteiger partial charge in [-0.1, -0.05) is 6.07 Å². The number of aromatic nitrogens is 3. The minimum atomic E-state index is 0. The SMILES string of the molecule is CN=C(NCCc1nc(-c2ccco2)n[nH]1)NCc1ccc(OC)c(OC)c1.I. The molecule has 0 aliphatic carbocycles. The maximum atomic E-state index is 5.33. The Bertz CT molecular complexity index is 911. The number of rotatable bonds is 8. The second-order valence-electron chi connectivity index (χ2n) is 5.87. The molecule has 29 heavy (non-hydrogen) atoms. The number of guanidine groups is 1. The van der Waals surface area contributed by atoms with Crippen LogP contribution in [-0.2, 0) is 13.0 Å². The number of hydrogen-bond donors (Lipinski definition) is 3. The Morgan fingerprint density at radius 3 is 2.69 bits per heavy atom. The molecule has 0 unspecified atom stereocenters. The Morgan fingerprint density at radius 2 is 2.00 bits per heavy atom. The summed E-state index contributed by atoms with van der Waals surface area (Å²) in [6.45, 7) is 1.25. The van der Waals surface area contributed by atoms with E-state index in [1.807, 2.05) is 24.3 Å². The molecule has 0 fully saturated rings. The summed E-state index contributed by atoms with van der Waals surface area (Å²) in [6, 6.07) is 9.43. The number of nitrogens with one attached hydrogen (secondary N) is 3. The second kappa shape index (κ2) is 11.3. The molecule has 0 atom stereocenters. The van der Waals surface area contributed by atoms with Crippen molar-refractivity contribution >= 4 is 29.9 Å². The minimum absolute atomic E-state index is 0. The molecule has 0 saturated heterocycles. The number of benzene rings is 1. The number of halogens is 1. The summed E-state index contributed by atoms with van der Waals surface area (Å²) in [6.07, 6.45) is 2.27. The molecular weight excluding hydrogens is 487 g/mol. The number of methoxy groups -OCH3 is 2. The summed E-state index contributed by atoms with van der Waals surface area (Å²) in [5.74, 6) is 4.06. The molecule has 2 heterocycles. The van der Waals surface area contributed by atoms with Gasteiger partial charge in [0.15, 0.2) is 23.2 Å². The fraction of sp³-hybridized carbons (Fsp3) is 0.316. The predicted molar refractivity (Wildman–Crippen MR) is 121 cm³/mol. The van der Waals surface area contributed by atoms with Crippen LogP contribution in [0.1, 0.15) is 11.4 Å². The molecule has 0 spiro atoms. The van der Waals surface area contributed by atoms with Crippen LogP contribution in [0.2, 0.25) is 0 Å². The molecule has 0 radical (unpaired) electrons. The average molecular weight is 512 g/mol. The lowest BCUT2D eigenvalue weighted by atomic mass is 10.2. The molecule has 0 aliphatic rings. The lowest BCUT2D eigenvalue weighted by Gasteiger charge is -2.13. The highest BCUT2D eigenvalue weighted by Crippen LogP contribution is 2.27. The van der Waals surface area contributed by atoms with Gasteiger partial charge in [-0.25, -0.2) is 4.98 Å². The van der Waals surface area contributed by atoms with Crippen molar-refractivity contribution < 1.29 is 13.9 Å². The Morgan fingerprint density at radius 1 is 1.17 bits per heavy atom. The van der Waals surface area contributed by atoms with E-state index < -0.39 is 0 Å². The first-order chi connectivity index (χ1) is 13.7. The second-order valence-corrected chi connectivity index (χ2v) is 5.87. The Kier molecular flexibility index (Phi) is 8.77. The first-order valence-corrected chi connectivity index (χ1v) is 8.84. The third-order valence-electron chi connectivity index (χ3n) is 4.06. The number of aliphatic imine (C=N–C) groups is 1. The van der Waals surface area contributed by atoms with Crippen LogP contribution in [-0.4, -0.2) is 49.0 Å². The van der Waals surface area contributed by atoms with Crippen molar-refractivity contribution in [1.29, 1.82) is 0 Å². The molecular formula is C19H25IN6O3. The Labute approximate surface area is 186 Å². The van der Waals surface area contributed by atoms with Gasteiger partial charge in [-0.2, -0.15) is 5.10 Å². The molecule has 10 heteroatoms. The number of nitrogens with zero attached hydrogens (tertiary/aromatic N) is 3. The Hall–Kier alpha value is -2.76. The van der Waals surface area contributed by atoms with Crippen molar-refractivity contribution in [2.45, 2.75) is 13.0 Å². The smallest absolute Gasteiger partial charge is 0.216 e. The van der Waals surface area contributed by atoms with Crippen molar-refractivity contribution in [3.05, 3.63) is 48.0 Å². The van der Waals surface area contributed by atoms with E-state index >= 15 is 0 Å². The van der Waals surface area contributed by atoms with Gasteiger partial charge in [0.2, 0.25) is 5.82 Å². The molecule has 0 saturated carbocycles. The maximum absolute atomic E-state index is 5.33. The summed E-state index contributed by atoms with van der Waals surface area (Å²) < 4.78 is 15.9. The van der Waals surface area contributed by atoms with Gasteiger partial charge < -0.3 is 24.5 Å². The average Bonchev–Trinajstić information content (AvgIpc) is 3.42. The third-order valence-corrected chi connectivity index (χ3v) is 4.06. The van der Waals surface area contributed by atoms with E-state index in [1.54, 1.807) is 33.6 Å². The van der Waals surface area contributed by atoms with Crippen LogP contribution >= 0.6 is 24.0 Å². The van der Waals surface area contributed by atoms with Gasteiger partial charge in [-0.15, -0.1) is 24.0 Å². The fourth-order valence-electron chi connectivity index (χ4n) is 2.62. The van der Waals surface area contributed by atoms with Gasteiger partial charge in [-0.05, 0) is 29.8 Å². The van der Waals surface area contributed by atoms with Gasteiger partial charge in [-0.3, -0.25) is 10.1 Å². The number of H-pyrrole nitrogens is 1. The van der Waals surface area contributed by atoms with Crippen molar-refractivity contribution in [2.75, 3.05) is 27.8 Å². The monoisotopic (exact) mass is 512 g/mol. The van der Waals surface area contributed by atoms with Crippen LogP contribution < -0.4 is 20.1 Å². The summed E-state index contributed by atoms with van der Waals surface area (Å²) >= 11 is 0. The zero-order chi connectivity index (χ0) is 19.8. The van der Waals surface area contributed by atoms with Crippen LogP contribution in [0.25, 0.3) is 11.6 Å². The highest BCUT2D eigenvalue weighted by atomic mass is 127. The number of hydrogen-bond acceptors (Lipinski definition) is 6. The van der Waals surface area contributed by atoms with E-state index in [0.717, 1.165) is 11.4 Å². The van der Waals surface area contributed by atoms with Crippen LogP contribution in [0.15, 0.2) is 46.0 Å². The molecule has 3 N–H and O–H groups in total. The maximum Gasteiger partial charge on any atom is 0.216 e. The molecule has 3 rings (SSSR count). The molecule has 1 aromatic carbocycles. The van der Waals surface area contributed by atoms with E-state index in [1.165, 1.54) is 0 Å². The van der Waals surface area contributed by atoms with Crippen LogP contribution in [0.3, 0.4) is 0 Å². The van der Waals surface area contributed by atoms with Crippen LogP contribution in [0.4, 0.5) is 0 Å². The minimum Gasteiger partial charge on any atom is -0.493 e. The standard InChI is InChI=1S/C19H24N6O3.HI/c1-20-19(22-12-13-6-7-14(26-2)16(11-13)27-3)21-9-8-17-23-18(25-24-17)15-5-4-10-28-15;/h4-7,10-11H,8-9,12H2,1-3H3,(H2,20,21,22)(H,23,24,25);1H. The van der Waals surface area contributed by atoms with Gasteiger partial charge in [0.25, 0.3) is 0 Å². The predicted octanol–water partition coefficient (Wildman–Crippen LogP) is 2.61. The first-order valence-electron chi connectivity index (χ1n) is 8.84. The first kappa shape index (κ1) is 22.5. The number of aromatic amines is 1. The van der Waals surface area contributed by atoms with Gasteiger partial charge in [0.1, 0.15) is 5.82 Å². The van der Waals surface area contributed by atoms with Crippen LogP contribution in [0.5, 0.6) is 11.5 Å². The zero-order valence-corrected chi connectivity index (χ0v) is 18.9. The topological polar surface area (TPSA) is 110 Å².